The summed E-state index contributed by atoms with van der Waals surface area (Å²) < 4.78 is 4.83. The van der Waals surface area contributed by atoms with E-state index in [-0.39, 0.29) is 3.84 Å². The Hall–Kier alpha value is 0.370. The number of hydrogen-bond acceptors (Lipinski definition) is 2. The van der Waals surface area contributed by atoms with Gasteiger partial charge >= 0.3 is 0 Å². The molecule has 0 aliphatic carbocycles. The molecule has 0 N–H and O–H groups in total. The Kier molecular flexibility index (Phi) is 4.40. The van der Waals surface area contributed by atoms with Gasteiger partial charge in [-0.3, -0.25) is 0 Å². The van der Waals surface area contributed by atoms with Gasteiger partial charge in [0, 0.05) is 0 Å². The molecule has 0 aromatic heterocycles. The molecule has 0 bridgehead atoms. The maximum atomic E-state index is 5.11. The fourth-order valence-corrected chi connectivity index (χ4v) is 1.91. The van der Waals surface area contributed by atoms with Crippen LogP contribution in [0.3, 0.4) is 0 Å². The van der Waals surface area contributed by atoms with Gasteiger partial charge in [-0.2, -0.15) is 0 Å². The first kappa shape index (κ1) is 9.37. The van der Waals surface area contributed by atoms with Gasteiger partial charge in [-0.1, -0.05) is 13.5 Å². The van der Waals surface area contributed by atoms with E-state index in [9.17, 15) is 0 Å². The lowest BCUT2D eigenvalue weighted by atomic mass is 10.8. The van der Waals surface area contributed by atoms with Crippen molar-refractivity contribution in [2.24, 2.45) is 0 Å². The number of hydrogen-bond donors (Lipinski definition) is 0. The second-order valence-corrected chi connectivity index (χ2v) is 5.24. The van der Waals surface area contributed by atoms with Crippen LogP contribution in [0.15, 0.2) is 12.8 Å². The highest BCUT2D eigenvalue weighted by Gasteiger charge is 2.18. The molecule has 0 fully saturated rings. The van der Waals surface area contributed by atoms with Crippen LogP contribution in [0.25, 0.3) is 0 Å². The van der Waals surface area contributed by atoms with E-state index in [0.717, 1.165) is 5.75 Å². The van der Waals surface area contributed by atoms with Crippen molar-refractivity contribution >= 4 is 27.7 Å². The second kappa shape index (κ2) is 4.23. The maximum absolute atomic E-state index is 5.11. The average molecular weight is 211 g/mol. The summed E-state index contributed by atoms with van der Waals surface area (Å²) in [4.78, 5) is 0. The monoisotopic (exact) mass is 210 g/mol. The van der Waals surface area contributed by atoms with Crippen molar-refractivity contribution in [1.29, 1.82) is 0 Å². The van der Waals surface area contributed by atoms with Crippen molar-refractivity contribution in [3.63, 3.8) is 0 Å². The molecular formula is C6H11BrOS. The molecule has 1 nitrogen and oxygen atoms in total. The van der Waals surface area contributed by atoms with Crippen LogP contribution >= 0.6 is 27.7 Å². The quantitative estimate of drug-likeness (QED) is 0.401. The summed E-state index contributed by atoms with van der Waals surface area (Å²) in [6, 6.07) is 0. The van der Waals surface area contributed by atoms with E-state index >= 15 is 0 Å². The van der Waals surface area contributed by atoms with Crippen LogP contribution in [0.4, 0.5) is 0 Å². The minimum absolute atomic E-state index is 0.288. The molecule has 1 atom stereocenters. The molecule has 0 heterocycles. The average Bonchev–Trinajstić information content (AvgIpc) is 1.64. The first-order valence-electron chi connectivity index (χ1n) is 2.74. The summed E-state index contributed by atoms with van der Waals surface area (Å²) >= 11 is 5.05. The van der Waals surface area contributed by atoms with Gasteiger partial charge in [0.2, 0.25) is 3.84 Å². The van der Waals surface area contributed by atoms with Crippen LogP contribution in [0, 0.1) is 0 Å². The second-order valence-electron chi connectivity index (χ2n) is 1.55. The SMILES string of the molecule is C=COC(C)(Br)SCC. The summed E-state index contributed by atoms with van der Waals surface area (Å²) in [6.45, 7) is 7.49. The standard InChI is InChI=1S/C6H11BrOS/c1-4-8-6(3,7)9-5-2/h4H,1,5H2,2-3H3. The number of halogens is 1. The lowest BCUT2D eigenvalue weighted by Gasteiger charge is -2.19. The molecule has 0 rings (SSSR count). The first-order valence-corrected chi connectivity index (χ1v) is 4.52. The molecule has 0 aliphatic rings. The van der Waals surface area contributed by atoms with E-state index in [0.29, 0.717) is 0 Å². The van der Waals surface area contributed by atoms with Crippen LogP contribution in [-0.4, -0.2) is 9.60 Å². The number of thioether (sulfide) groups is 1. The largest absolute Gasteiger partial charge is 0.475 e. The summed E-state index contributed by atoms with van der Waals surface area (Å²) in [5, 5.41) is 0. The molecule has 0 aliphatic heterocycles. The normalized spacial score (nSPS) is 16.3. The summed E-state index contributed by atoms with van der Waals surface area (Å²) in [5.41, 5.74) is 0. The Morgan fingerprint density at radius 1 is 1.89 bits per heavy atom. The predicted octanol–water partition coefficient (Wildman–Crippen LogP) is 2.97. The van der Waals surface area contributed by atoms with Gasteiger partial charge in [0.25, 0.3) is 0 Å². The lowest BCUT2D eigenvalue weighted by Crippen LogP contribution is -2.11. The van der Waals surface area contributed by atoms with E-state index in [2.05, 4.69) is 29.4 Å². The van der Waals surface area contributed by atoms with Crippen LogP contribution in [0.1, 0.15) is 13.8 Å². The summed E-state index contributed by atoms with van der Waals surface area (Å²) in [5.74, 6) is 1.02. The molecule has 0 aromatic rings. The molecule has 0 amide bonds. The molecule has 0 aromatic carbocycles. The van der Waals surface area contributed by atoms with Gasteiger partial charge in [0.1, 0.15) is 0 Å². The van der Waals surface area contributed by atoms with Crippen molar-refractivity contribution in [3.05, 3.63) is 12.8 Å². The summed E-state index contributed by atoms with van der Waals surface area (Å²) in [7, 11) is 0. The van der Waals surface area contributed by atoms with E-state index in [1.54, 1.807) is 11.8 Å². The highest BCUT2D eigenvalue weighted by atomic mass is 79.9. The van der Waals surface area contributed by atoms with Crippen LogP contribution in [0.5, 0.6) is 0 Å². The zero-order chi connectivity index (χ0) is 7.33. The van der Waals surface area contributed by atoms with Crippen molar-refractivity contribution in [3.8, 4) is 0 Å². The van der Waals surface area contributed by atoms with E-state index in [1.807, 2.05) is 6.92 Å². The van der Waals surface area contributed by atoms with Crippen molar-refractivity contribution < 1.29 is 4.74 Å². The molecule has 0 saturated carbocycles. The molecular weight excluding hydrogens is 200 g/mol. The molecule has 3 heteroatoms. The highest BCUT2D eigenvalue weighted by molar-refractivity contribution is 9.11. The van der Waals surface area contributed by atoms with Crippen LogP contribution in [-0.2, 0) is 4.74 Å². The Bertz CT molecular complexity index is 93.1. The minimum Gasteiger partial charge on any atom is -0.475 e. The molecule has 9 heavy (non-hydrogen) atoms. The van der Waals surface area contributed by atoms with E-state index in [1.165, 1.54) is 6.26 Å². The third-order valence-corrected chi connectivity index (χ3v) is 2.47. The first-order chi connectivity index (χ1) is 4.12. The van der Waals surface area contributed by atoms with Gasteiger partial charge in [0.15, 0.2) is 0 Å². The van der Waals surface area contributed by atoms with Gasteiger partial charge in [-0.25, -0.2) is 0 Å². The Morgan fingerprint density at radius 2 is 2.44 bits per heavy atom. The third kappa shape index (κ3) is 4.85. The maximum Gasteiger partial charge on any atom is 0.206 e. The molecule has 0 saturated heterocycles. The Morgan fingerprint density at radius 3 is 2.78 bits per heavy atom. The summed E-state index contributed by atoms with van der Waals surface area (Å²) in [6.07, 6.45) is 1.44. The van der Waals surface area contributed by atoms with E-state index in [4.69, 9.17) is 4.74 Å². The smallest absolute Gasteiger partial charge is 0.206 e. The van der Waals surface area contributed by atoms with Gasteiger partial charge in [-0.05, 0) is 28.6 Å². The van der Waals surface area contributed by atoms with Crippen LogP contribution in [0.2, 0.25) is 0 Å². The lowest BCUT2D eigenvalue weighted by molar-refractivity contribution is 0.217. The number of rotatable bonds is 4. The van der Waals surface area contributed by atoms with Crippen LogP contribution < -0.4 is 0 Å². The highest BCUT2D eigenvalue weighted by Crippen LogP contribution is 2.32. The molecule has 1 unspecified atom stereocenters. The number of ether oxygens (including phenoxy) is 1. The molecule has 0 radical (unpaired) electrons. The zero-order valence-corrected chi connectivity index (χ0v) is 8.09. The fourth-order valence-electron chi connectivity index (χ4n) is 0.441. The van der Waals surface area contributed by atoms with Gasteiger partial charge in [0.05, 0.1) is 6.26 Å². The van der Waals surface area contributed by atoms with Crippen molar-refractivity contribution in [2.45, 2.75) is 17.7 Å². The molecule has 54 valence electrons. The van der Waals surface area contributed by atoms with Gasteiger partial charge < -0.3 is 4.74 Å². The molecule has 0 spiro atoms. The van der Waals surface area contributed by atoms with Crippen molar-refractivity contribution in [2.75, 3.05) is 5.75 Å². The topological polar surface area (TPSA) is 9.23 Å². The minimum atomic E-state index is -0.288. The van der Waals surface area contributed by atoms with E-state index < -0.39 is 0 Å². The Labute approximate surface area is 69.0 Å². The van der Waals surface area contributed by atoms with Gasteiger partial charge in [-0.15, -0.1) is 11.8 Å². The van der Waals surface area contributed by atoms with Crippen molar-refractivity contribution in [1.82, 2.24) is 0 Å². The third-order valence-electron chi connectivity index (χ3n) is 0.696. The zero-order valence-electron chi connectivity index (χ0n) is 5.69. The number of alkyl halides is 1. The predicted molar refractivity (Wildman–Crippen MR) is 46.7 cm³/mol. The Balaban J connectivity index is 3.55. The fraction of sp³-hybridized carbons (Fsp3) is 0.667.